The van der Waals surface area contributed by atoms with Gasteiger partial charge >= 0.3 is 0 Å². The second-order valence-electron chi connectivity index (χ2n) is 2.22. The standard InChI is InChI=1S/C7H13N3S/c1-3-8-5-6-4-7(11-2)10-9-6/h4,8H,3,5H2,1-2H3,(H,9,10). The van der Waals surface area contributed by atoms with E-state index in [1.54, 1.807) is 11.8 Å². The third kappa shape index (κ3) is 2.55. The van der Waals surface area contributed by atoms with Crippen molar-refractivity contribution in [1.29, 1.82) is 0 Å². The van der Waals surface area contributed by atoms with Crippen molar-refractivity contribution in [2.45, 2.75) is 18.5 Å². The molecule has 0 radical (unpaired) electrons. The fourth-order valence-corrected chi connectivity index (χ4v) is 1.19. The third-order valence-corrected chi connectivity index (χ3v) is 2.01. The molecule has 0 spiro atoms. The van der Waals surface area contributed by atoms with Gasteiger partial charge in [0.2, 0.25) is 0 Å². The van der Waals surface area contributed by atoms with Crippen molar-refractivity contribution in [3.63, 3.8) is 0 Å². The Labute approximate surface area is 71.0 Å². The van der Waals surface area contributed by atoms with Gasteiger partial charge in [-0.2, -0.15) is 5.10 Å². The zero-order valence-corrected chi connectivity index (χ0v) is 7.66. The van der Waals surface area contributed by atoms with Crippen molar-refractivity contribution in [2.75, 3.05) is 12.8 Å². The van der Waals surface area contributed by atoms with Crippen LogP contribution in [-0.2, 0) is 6.54 Å². The van der Waals surface area contributed by atoms with E-state index in [0.717, 1.165) is 23.8 Å². The number of aromatic amines is 1. The van der Waals surface area contributed by atoms with Crippen molar-refractivity contribution in [3.05, 3.63) is 11.8 Å². The minimum atomic E-state index is 0.879. The molecule has 0 fully saturated rings. The van der Waals surface area contributed by atoms with Gasteiger partial charge in [0.25, 0.3) is 0 Å². The maximum atomic E-state index is 4.09. The van der Waals surface area contributed by atoms with Gasteiger partial charge in [-0.25, -0.2) is 0 Å². The second-order valence-corrected chi connectivity index (χ2v) is 3.04. The number of hydrogen-bond acceptors (Lipinski definition) is 3. The van der Waals surface area contributed by atoms with E-state index < -0.39 is 0 Å². The van der Waals surface area contributed by atoms with Gasteiger partial charge in [0.05, 0.1) is 5.69 Å². The van der Waals surface area contributed by atoms with Gasteiger partial charge in [0.15, 0.2) is 0 Å². The first kappa shape index (κ1) is 8.62. The molecule has 0 saturated carbocycles. The van der Waals surface area contributed by atoms with E-state index in [9.17, 15) is 0 Å². The van der Waals surface area contributed by atoms with Gasteiger partial charge in [-0.15, -0.1) is 11.8 Å². The molecular weight excluding hydrogens is 158 g/mol. The number of nitrogens with zero attached hydrogens (tertiary/aromatic N) is 1. The first-order chi connectivity index (χ1) is 5.36. The summed E-state index contributed by atoms with van der Waals surface area (Å²) in [4.78, 5) is 0. The number of aromatic nitrogens is 2. The first-order valence-electron chi connectivity index (χ1n) is 3.65. The monoisotopic (exact) mass is 171 g/mol. The van der Waals surface area contributed by atoms with Crippen LogP contribution < -0.4 is 5.32 Å². The maximum absolute atomic E-state index is 4.09. The van der Waals surface area contributed by atoms with Crippen LogP contribution in [0.2, 0.25) is 0 Å². The summed E-state index contributed by atoms with van der Waals surface area (Å²) >= 11 is 1.65. The molecule has 1 aromatic rings. The molecule has 1 heterocycles. The molecule has 0 atom stereocenters. The van der Waals surface area contributed by atoms with Gasteiger partial charge in [-0.1, -0.05) is 6.92 Å². The topological polar surface area (TPSA) is 40.7 Å². The number of rotatable bonds is 4. The van der Waals surface area contributed by atoms with Crippen LogP contribution in [0, 0.1) is 0 Å². The molecule has 4 heteroatoms. The van der Waals surface area contributed by atoms with Gasteiger partial charge < -0.3 is 5.32 Å². The van der Waals surface area contributed by atoms with E-state index in [4.69, 9.17) is 0 Å². The first-order valence-corrected chi connectivity index (χ1v) is 4.88. The van der Waals surface area contributed by atoms with Crippen molar-refractivity contribution in [1.82, 2.24) is 15.5 Å². The predicted molar refractivity (Wildman–Crippen MR) is 47.7 cm³/mol. The predicted octanol–water partition coefficient (Wildman–Crippen LogP) is 1.24. The Bertz CT molecular complexity index is 209. The van der Waals surface area contributed by atoms with Crippen LogP contribution in [0.15, 0.2) is 11.1 Å². The highest BCUT2D eigenvalue weighted by molar-refractivity contribution is 7.98. The average molecular weight is 171 g/mol. The SMILES string of the molecule is CCNCc1cc(SC)n[nH]1. The van der Waals surface area contributed by atoms with Gasteiger partial charge in [-0.3, -0.25) is 5.10 Å². The fraction of sp³-hybridized carbons (Fsp3) is 0.571. The van der Waals surface area contributed by atoms with Crippen molar-refractivity contribution >= 4 is 11.8 Å². The molecule has 1 rings (SSSR count). The summed E-state index contributed by atoms with van der Waals surface area (Å²) in [7, 11) is 0. The van der Waals surface area contributed by atoms with Crippen LogP contribution in [0.3, 0.4) is 0 Å². The van der Waals surface area contributed by atoms with E-state index in [1.165, 1.54) is 0 Å². The minimum absolute atomic E-state index is 0.879. The maximum Gasteiger partial charge on any atom is 0.118 e. The minimum Gasteiger partial charge on any atom is -0.311 e. The molecule has 11 heavy (non-hydrogen) atoms. The molecular formula is C7H13N3S. The van der Waals surface area contributed by atoms with E-state index in [-0.39, 0.29) is 0 Å². The highest BCUT2D eigenvalue weighted by atomic mass is 32.2. The smallest absolute Gasteiger partial charge is 0.118 e. The van der Waals surface area contributed by atoms with E-state index in [0.29, 0.717) is 0 Å². The molecule has 62 valence electrons. The molecule has 2 N–H and O–H groups in total. The summed E-state index contributed by atoms with van der Waals surface area (Å²) < 4.78 is 0. The molecule has 0 saturated heterocycles. The van der Waals surface area contributed by atoms with E-state index in [2.05, 4.69) is 28.5 Å². The zero-order chi connectivity index (χ0) is 8.10. The van der Waals surface area contributed by atoms with Crippen molar-refractivity contribution in [2.24, 2.45) is 0 Å². The number of thioether (sulfide) groups is 1. The lowest BCUT2D eigenvalue weighted by atomic mass is 10.4. The summed E-state index contributed by atoms with van der Waals surface area (Å²) in [6, 6.07) is 2.06. The summed E-state index contributed by atoms with van der Waals surface area (Å²) in [6.07, 6.45) is 2.02. The van der Waals surface area contributed by atoms with Crippen LogP contribution in [0.4, 0.5) is 0 Å². The van der Waals surface area contributed by atoms with Crippen LogP contribution in [0.1, 0.15) is 12.6 Å². The molecule has 0 aliphatic carbocycles. The number of H-pyrrole nitrogens is 1. The van der Waals surface area contributed by atoms with Crippen LogP contribution in [-0.4, -0.2) is 23.0 Å². The third-order valence-electron chi connectivity index (χ3n) is 1.38. The molecule has 0 aliphatic heterocycles. The summed E-state index contributed by atoms with van der Waals surface area (Å²) in [6.45, 7) is 3.96. The van der Waals surface area contributed by atoms with Crippen LogP contribution in [0.5, 0.6) is 0 Å². The summed E-state index contributed by atoms with van der Waals surface area (Å²) in [5.74, 6) is 0. The lowest BCUT2D eigenvalue weighted by molar-refractivity contribution is 0.707. The summed E-state index contributed by atoms with van der Waals surface area (Å²) in [5.41, 5.74) is 1.15. The Kier molecular flexibility index (Phi) is 3.45. The Morgan fingerprint density at radius 1 is 1.73 bits per heavy atom. The lowest BCUT2D eigenvalue weighted by Crippen LogP contribution is -2.11. The molecule has 0 bridgehead atoms. The Morgan fingerprint density at radius 2 is 2.55 bits per heavy atom. The highest BCUT2D eigenvalue weighted by Crippen LogP contribution is 2.11. The quantitative estimate of drug-likeness (QED) is 0.670. The zero-order valence-electron chi connectivity index (χ0n) is 6.85. The average Bonchev–Trinajstić information content (AvgIpc) is 2.48. The molecule has 0 amide bonds. The fourth-order valence-electron chi connectivity index (χ4n) is 0.795. The normalized spacial score (nSPS) is 10.4. The van der Waals surface area contributed by atoms with E-state index in [1.807, 2.05) is 6.26 Å². The van der Waals surface area contributed by atoms with Crippen LogP contribution >= 0.6 is 11.8 Å². The molecule has 3 nitrogen and oxygen atoms in total. The summed E-state index contributed by atoms with van der Waals surface area (Å²) in [5, 5.41) is 11.3. The Morgan fingerprint density at radius 3 is 3.09 bits per heavy atom. The van der Waals surface area contributed by atoms with Crippen LogP contribution in [0.25, 0.3) is 0 Å². The van der Waals surface area contributed by atoms with Crippen molar-refractivity contribution in [3.8, 4) is 0 Å². The molecule has 0 aromatic carbocycles. The van der Waals surface area contributed by atoms with Gasteiger partial charge in [0.1, 0.15) is 5.03 Å². The highest BCUT2D eigenvalue weighted by Gasteiger charge is 1.96. The second kappa shape index (κ2) is 4.41. The van der Waals surface area contributed by atoms with E-state index >= 15 is 0 Å². The largest absolute Gasteiger partial charge is 0.311 e. The number of hydrogen-bond donors (Lipinski definition) is 2. The van der Waals surface area contributed by atoms with Gasteiger partial charge in [-0.05, 0) is 18.9 Å². The Hall–Kier alpha value is -0.480. The van der Waals surface area contributed by atoms with Gasteiger partial charge in [0, 0.05) is 6.54 Å². The Balaban J connectivity index is 2.44. The molecule has 0 unspecified atom stereocenters. The molecule has 0 aliphatic rings. The molecule has 1 aromatic heterocycles. The number of nitrogens with one attached hydrogen (secondary N) is 2. The van der Waals surface area contributed by atoms with Crippen molar-refractivity contribution < 1.29 is 0 Å². The lowest BCUT2D eigenvalue weighted by Gasteiger charge is -1.94.